The number of ether oxygens (including phenoxy) is 1. The Hall–Kier alpha value is -3.01. The van der Waals surface area contributed by atoms with Crippen LogP contribution in [0.3, 0.4) is 0 Å². The van der Waals surface area contributed by atoms with Crippen LogP contribution in [-0.4, -0.2) is 54.4 Å². The van der Waals surface area contributed by atoms with Gasteiger partial charge in [0.25, 0.3) is 5.91 Å². The third kappa shape index (κ3) is 5.99. The molecular weight excluding hydrogens is 408 g/mol. The van der Waals surface area contributed by atoms with Crippen molar-refractivity contribution in [3.8, 4) is 0 Å². The summed E-state index contributed by atoms with van der Waals surface area (Å²) in [6, 6.07) is 9.40. The molecule has 1 aromatic carbocycles. The van der Waals surface area contributed by atoms with Gasteiger partial charge in [-0.3, -0.25) is 4.79 Å². The number of thiol groups is 1. The quantitative estimate of drug-likeness (QED) is 0.663. The molecular formula is C20H24N4O5S. The van der Waals surface area contributed by atoms with Crippen molar-refractivity contribution in [1.29, 1.82) is 0 Å². The SMILES string of the molecule is Cc1nc(C[SH](=O)=O)ncc1C(=O)NC1CCN(C(=O)OCc2ccccc2)CC1. The first-order valence-electron chi connectivity index (χ1n) is 9.63. The number of benzene rings is 1. The molecule has 0 spiro atoms. The number of nitrogens with one attached hydrogen (secondary N) is 1. The van der Waals surface area contributed by atoms with E-state index in [-0.39, 0.29) is 36.2 Å². The molecule has 10 heteroatoms. The van der Waals surface area contributed by atoms with Gasteiger partial charge in [-0.2, -0.15) is 0 Å². The van der Waals surface area contributed by atoms with Crippen molar-refractivity contribution in [1.82, 2.24) is 20.2 Å². The number of aryl methyl sites for hydroxylation is 1. The molecule has 0 saturated carbocycles. The van der Waals surface area contributed by atoms with Crippen molar-refractivity contribution in [2.24, 2.45) is 0 Å². The Kier molecular flexibility index (Phi) is 7.34. The number of aromatic nitrogens is 2. The molecule has 9 nitrogen and oxygen atoms in total. The molecule has 1 saturated heterocycles. The molecule has 0 radical (unpaired) electrons. The van der Waals surface area contributed by atoms with Crippen molar-refractivity contribution in [3.05, 3.63) is 59.2 Å². The van der Waals surface area contributed by atoms with Gasteiger partial charge in [0.15, 0.2) is 0 Å². The Bertz CT molecular complexity index is 964. The second-order valence-electron chi connectivity index (χ2n) is 7.05. The summed E-state index contributed by atoms with van der Waals surface area (Å²) in [6.45, 7) is 2.85. The van der Waals surface area contributed by atoms with Crippen molar-refractivity contribution >= 4 is 22.7 Å². The summed E-state index contributed by atoms with van der Waals surface area (Å²) in [4.78, 5) is 34.4. The Labute approximate surface area is 176 Å². The van der Waals surface area contributed by atoms with Crippen LogP contribution in [0.5, 0.6) is 0 Å². The van der Waals surface area contributed by atoms with Gasteiger partial charge < -0.3 is 15.0 Å². The number of rotatable bonds is 6. The highest BCUT2D eigenvalue weighted by Crippen LogP contribution is 2.14. The molecule has 1 N–H and O–H groups in total. The van der Waals surface area contributed by atoms with E-state index in [2.05, 4.69) is 15.3 Å². The Morgan fingerprint density at radius 1 is 1.20 bits per heavy atom. The van der Waals surface area contributed by atoms with Gasteiger partial charge in [0.05, 0.1) is 11.3 Å². The molecule has 0 atom stereocenters. The molecule has 2 aromatic rings. The zero-order valence-electron chi connectivity index (χ0n) is 16.6. The topological polar surface area (TPSA) is 119 Å². The summed E-state index contributed by atoms with van der Waals surface area (Å²) in [7, 11) is -2.62. The zero-order chi connectivity index (χ0) is 21.5. The molecule has 1 fully saturated rings. The molecule has 3 rings (SSSR count). The molecule has 160 valence electrons. The Morgan fingerprint density at radius 2 is 1.90 bits per heavy atom. The third-order valence-electron chi connectivity index (χ3n) is 4.84. The monoisotopic (exact) mass is 432 g/mol. The summed E-state index contributed by atoms with van der Waals surface area (Å²) in [5.41, 5.74) is 1.67. The molecule has 2 amide bonds. The van der Waals surface area contributed by atoms with Crippen LogP contribution in [0.1, 0.15) is 40.3 Å². The van der Waals surface area contributed by atoms with E-state index in [1.165, 1.54) is 6.20 Å². The number of carbonyl (C=O) groups is 2. The normalized spacial score (nSPS) is 14.5. The number of carbonyl (C=O) groups excluding carboxylic acids is 2. The first-order chi connectivity index (χ1) is 14.4. The van der Waals surface area contributed by atoms with Gasteiger partial charge in [0, 0.05) is 25.3 Å². The standard InChI is InChI=1S/C20H24N4O5S/c1-14-17(11-21-18(22-14)13-30(27)28)19(25)23-16-7-9-24(10-8-16)20(26)29-12-15-5-3-2-4-6-15/h2-6,11,16,30H,7-10,12-13H2,1H3,(H,23,25). The lowest BCUT2D eigenvalue weighted by atomic mass is 10.0. The number of piperidine rings is 1. The number of amides is 2. The van der Waals surface area contributed by atoms with Crippen LogP contribution < -0.4 is 5.32 Å². The zero-order valence-corrected chi connectivity index (χ0v) is 17.5. The van der Waals surface area contributed by atoms with Crippen LogP contribution in [0.25, 0.3) is 0 Å². The number of hydrogen-bond donors (Lipinski definition) is 2. The van der Waals surface area contributed by atoms with E-state index in [1.54, 1.807) is 11.8 Å². The highest BCUT2D eigenvalue weighted by molar-refractivity contribution is 7.71. The van der Waals surface area contributed by atoms with Gasteiger partial charge in [-0.15, -0.1) is 0 Å². The molecule has 0 aliphatic carbocycles. The molecule has 0 unspecified atom stereocenters. The van der Waals surface area contributed by atoms with Gasteiger partial charge in [0.2, 0.25) is 0 Å². The second kappa shape index (κ2) is 10.1. The lowest BCUT2D eigenvalue weighted by Crippen LogP contribution is -2.46. The van der Waals surface area contributed by atoms with E-state index in [0.717, 1.165) is 5.56 Å². The molecule has 30 heavy (non-hydrogen) atoms. The average molecular weight is 433 g/mol. The summed E-state index contributed by atoms with van der Waals surface area (Å²) in [5, 5.41) is 2.94. The molecule has 1 aromatic heterocycles. The summed E-state index contributed by atoms with van der Waals surface area (Å²) in [6.07, 6.45) is 2.21. The van der Waals surface area contributed by atoms with Gasteiger partial charge in [-0.1, -0.05) is 30.3 Å². The fraction of sp³-hybridized carbons (Fsp3) is 0.400. The van der Waals surface area contributed by atoms with Crippen LogP contribution in [0.4, 0.5) is 4.79 Å². The number of nitrogens with zero attached hydrogens (tertiary/aromatic N) is 3. The largest absolute Gasteiger partial charge is 0.445 e. The van der Waals surface area contributed by atoms with Gasteiger partial charge in [-0.25, -0.2) is 23.2 Å². The van der Waals surface area contributed by atoms with Crippen LogP contribution in [0.2, 0.25) is 0 Å². The fourth-order valence-electron chi connectivity index (χ4n) is 3.21. The smallest absolute Gasteiger partial charge is 0.410 e. The van der Waals surface area contributed by atoms with E-state index in [9.17, 15) is 18.0 Å². The first kappa shape index (κ1) is 21.7. The van der Waals surface area contributed by atoms with E-state index < -0.39 is 10.7 Å². The highest BCUT2D eigenvalue weighted by atomic mass is 32.2. The maximum Gasteiger partial charge on any atom is 0.410 e. The van der Waals surface area contributed by atoms with Crippen molar-refractivity contribution in [3.63, 3.8) is 0 Å². The molecule has 2 heterocycles. The summed E-state index contributed by atoms with van der Waals surface area (Å²) in [5.74, 6) is -0.394. The maximum atomic E-state index is 12.5. The third-order valence-corrected chi connectivity index (χ3v) is 5.38. The molecule has 1 aliphatic rings. The predicted molar refractivity (Wildman–Crippen MR) is 109 cm³/mol. The van der Waals surface area contributed by atoms with Crippen LogP contribution in [0, 0.1) is 6.92 Å². The fourth-order valence-corrected chi connectivity index (χ4v) is 3.59. The average Bonchev–Trinajstić information content (AvgIpc) is 2.73. The number of hydrogen-bond acceptors (Lipinski definition) is 7. The van der Waals surface area contributed by atoms with Gasteiger partial charge in [0.1, 0.15) is 28.9 Å². The number of likely N-dealkylation sites (tertiary alicyclic amines) is 1. The second-order valence-corrected chi connectivity index (χ2v) is 8.03. The first-order valence-corrected chi connectivity index (χ1v) is 11.0. The maximum absolute atomic E-state index is 12.5. The van der Waals surface area contributed by atoms with E-state index in [1.807, 2.05) is 30.3 Å². The lowest BCUT2D eigenvalue weighted by molar-refractivity contribution is 0.0808. The molecule has 0 bridgehead atoms. The van der Waals surface area contributed by atoms with Crippen LogP contribution >= 0.6 is 0 Å². The predicted octanol–water partition coefficient (Wildman–Crippen LogP) is 1.43. The van der Waals surface area contributed by atoms with Crippen LogP contribution in [-0.2, 0) is 27.8 Å². The summed E-state index contributed by atoms with van der Waals surface area (Å²) < 4.78 is 26.9. The minimum atomic E-state index is -2.62. The molecule has 1 aliphatic heterocycles. The van der Waals surface area contributed by atoms with Gasteiger partial charge in [-0.05, 0) is 25.3 Å². The van der Waals surface area contributed by atoms with E-state index in [0.29, 0.717) is 37.2 Å². The van der Waals surface area contributed by atoms with Crippen LogP contribution in [0.15, 0.2) is 36.5 Å². The van der Waals surface area contributed by atoms with Gasteiger partial charge >= 0.3 is 6.09 Å². The highest BCUT2D eigenvalue weighted by Gasteiger charge is 2.25. The van der Waals surface area contributed by atoms with E-state index in [4.69, 9.17) is 4.74 Å². The van der Waals surface area contributed by atoms with E-state index >= 15 is 0 Å². The Balaban J connectivity index is 1.47. The minimum absolute atomic E-state index is 0.0779. The van der Waals surface area contributed by atoms with Crippen molar-refractivity contribution in [2.75, 3.05) is 13.1 Å². The lowest BCUT2D eigenvalue weighted by Gasteiger charge is -2.31. The Morgan fingerprint density at radius 3 is 2.53 bits per heavy atom. The summed E-state index contributed by atoms with van der Waals surface area (Å²) >= 11 is 0. The van der Waals surface area contributed by atoms with Crippen molar-refractivity contribution < 1.29 is 22.7 Å². The minimum Gasteiger partial charge on any atom is -0.445 e. The van der Waals surface area contributed by atoms with Crippen molar-refractivity contribution in [2.45, 2.75) is 38.2 Å².